The minimum absolute atomic E-state index is 0.0526. The molecule has 0 amide bonds. The number of ketones is 1. The lowest BCUT2D eigenvalue weighted by Crippen LogP contribution is -2.13. The number of carbonyl (C=O) groups excluding carboxylic acids is 1. The van der Waals surface area contributed by atoms with Crippen LogP contribution in [-0.2, 0) is 4.74 Å². The molecule has 1 aliphatic carbocycles. The van der Waals surface area contributed by atoms with Crippen molar-refractivity contribution < 1.29 is 9.53 Å². The highest BCUT2D eigenvalue weighted by molar-refractivity contribution is 9.12. The molecule has 0 aromatic carbocycles. The van der Waals surface area contributed by atoms with E-state index in [-0.39, 0.29) is 12.4 Å². The molecule has 1 saturated carbocycles. The Labute approximate surface area is 122 Å². The highest BCUT2D eigenvalue weighted by Gasteiger charge is 2.17. The van der Waals surface area contributed by atoms with Crippen molar-refractivity contribution in [2.45, 2.75) is 25.7 Å². The fourth-order valence-corrected chi connectivity index (χ4v) is 4.96. The molecule has 1 heterocycles. The quantitative estimate of drug-likeness (QED) is 0.693. The molecule has 2 nitrogen and oxygen atoms in total. The van der Waals surface area contributed by atoms with Gasteiger partial charge in [-0.15, -0.1) is 11.3 Å². The summed E-state index contributed by atoms with van der Waals surface area (Å²) in [6.45, 7) is 0.924. The highest BCUT2D eigenvalue weighted by atomic mass is 79.9. The van der Waals surface area contributed by atoms with Crippen molar-refractivity contribution in [2.24, 2.45) is 5.92 Å². The molecule has 2 rings (SSSR count). The minimum atomic E-state index is 0.0526. The lowest BCUT2D eigenvalue weighted by molar-refractivity contribution is 0.0681. The molecular formula is C12H14Br2O2S. The third kappa shape index (κ3) is 3.88. The van der Waals surface area contributed by atoms with Crippen molar-refractivity contribution in [1.82, 2.24) is 0 Å². The Hall–Kier alpha value is 0.290. The average molecular weight is 382 g/mol. The summed E-state index contributed by atoms with van der Waals surface area (Å²) in [5.41, 5.74) is 0.716. The second-order valence-corrected chi connectivity index (χ2v) is 8.08. The van der Waals surface area contributed by atoms with E-state index in [0.717, 1.165) is 14.2 Å². The number of carbonyl (C=O) groups is 1. The lowest BCUT2D eigenvalue weighted by atomic mass is 10.1. The van der Waals surface area contributed by atoms with Crippen LogP contribution in [-0.4, -0.2) is 19.0 Å². The third-order valence-corrected chi connectivity index (χ3v) is 5.36. The van der Waals surface area contributed by atoms with E-state index in [2.05, 4.69) is 31.9 Å². The van der Waals surface area contributed by atoms with Crippen LogP contribution < -0.4 is 0 Å². The fourth-order valence-electron chi connectivity index (χ4n) is 2.10. The van der Waals surface area contributed by atoms with Gasteiger partial charge in [-0.2, -0.15) is 0 Å². The van der Waals surface area contributed by atoms with Gasteiger partial charge in [-0.05, 0) is 56.7 Å². The largest absolute Gasteiger partial charge is 0.373 e. The topological polar surface area (TPSA) is 26.3 Å². The molecule has 0 atom stereocenters. The number of Topliss-reactive ketones (excluding diaryl/α,β-unsaturated/α-hetero) is 1. The van der Waals surface area contributed by atoms with Gasteiger partial charge in [0, 0.05) is 5.56 Å². The molecule has 1 aromatic rings. The summed E-state index contributed by atoms with van der Waals surface area (Å²) < 4.78 is 7.35. The summed E-state index contributed by atoms with van der Waals surface area (Å²) in [6.07, 6.45) is 5.12. The van der Waals surface area contributed by atoms with Crippen LogP contribution in [0.25, 0.3) is 0 Å². The van der Waals surface area contributed by atoms with Crippen LogP contribution in [0.15, 0.2) is 13.6 Å². The van der Waals surface area contributed by atoms with Crippen molar-refractivity contribution in [3.8, 4) is 0 Å². The zero-order valence-corrected chi connectivity index (χ0v) is 13.4. The van der Waals surface area contributed by atoms with Gasteiger partial charge in [-0.25, -0.2) is 0 Å². The molecule has 94 valence electrons. The first-order valence-corrected chi connectivity index (χ1v) is 8.13. The lowest BCUT2D eigenvalue weighted by Gasteiger charge is -2.08. The van der Waals surface area contributed by atoms with Crippen LogP contribution in [0, 0.1) is 5.92 Å². The van der Waals surface area contributed by atoms with E-state index in [1.165, 1.54) is 37.0 Å². The van der Waals surface area contributed by atoms with E-state index in [0.29, 0.717) is 11.5 Å². The number of hydrogen-bond donors (Lipinski definition) is 0. The molecule has 1 aliphatic rings. The molecule has 0 spiro atoms. The Morgan fingerprint density at radius 3 is 2.71 bits per heavy atom. The monoisotopic (exact) mass is 380 g/mol. The number of halogens is 2. The maximum absolute atomic E-state index is 11.9. The Morgan fingerprint density at radius 1 is 1.41 bits per heavy atom. The first-order valence-electron chi connectivity index (χ1n) is 5.72. The van der Waals surface area contributed by atoms with E-state index >= 15 is 0 Å². The molecule has 0 N–H and O–H groups in total. The molecular weight excluding hydrogens is 368 g/mol. The van der Waals surface area contributed by atoms with Gasteiger partial charge in [-0.1, -0.05) is 12.8 Å². The Morgan fingerprint density at radius 2 is 2.12 bits per heavy atom. The van der Waals surface area contributed by atoms with Gasteiger partial charge in [0.25, 0.3) is 0 Å². The molecule has 1 aromatic heterocycles. The van der Waals surface area contributed by atoms with Crippen LogP contribution in [0.3, 0.4) is 0 Å². The van der Waals surface area contributed by atoms with E-state index in [4.69, 9.17) is 4.74 Å². The molecule has 0 saturated heterocycles. The molecule has 0 radical (unpaired) electrons. The van der Waals surface area contributed by atoms with Gasteiger partial charge in [0.15, 0.2) is 5.78 Å². The van der Waals surface area contributed by atoms with Gasteiger partial charge in [0.2, 0.25) is 0 Å². The Kier molecular flexibility index (Phi) is 5.21. The molecule has 0 bridgehead atoms. The van der Waals surface area contributed by atoms with E-state index in [9.17, 15) is 4.79 Å². The number of thiophene rings is 1. The number of rotatable bonds is 5. The standard InChI is InChI=1S/C12H14Br2O2S/c13-11-5-9(12(14)17-11)10(15)7-16-6-8-3-1-2-4-8/h5,8H,1-4,6-7H2. The van der Waals surface area contributed by atoms with Crippen LogP contribution in [0.1, 0.15) is 36.0 Å². The van der Waals surface area contributed by atoms with E-state index < -0.39 is 0 Å². The van der Waals surface area contributed by atoms with Crippen molar-refractivity contribution in [2.75, 3.05) is 13.2 Å². The second kappa shape index (κ2) is 6.45. The minimum Gasteiger partial charge on any atom is -0.373 e. The molecule has 0 aliphatic heterocycles. The van der Waals surface area contributed by atoms with Gasteiger partial charge in [0.1, 0.15) is 6.61 Å². The predicted octanol–water partition coefficient (Wildman–Crippen LogP) is 4.66. The normalized spacial score (nSPS) is 16.6. The SMILES string of the molecule is O=C(COCC1CCCC1)c1cc(Br)sc1Br. The highest BCUT2D eigenvalue weighted by Crippen LogP contribution is 2.32. The van der Waals surface area contributed by atoms with Crippen molar-refractivity contribution in [1.29, 1.82) is 0 Å². The summed E-state index contributed by atoms with van der Waals surface area (Å²) in [6, 6.07) is 1.84. The van der Waals surface area contributed by atoms with Crippen LogP contribution in [0.2, 0.25) is 0 Å². The Bertz CT molecular complexity index is 397. The average Bonchev–Trinajstić information content (AvgIpc) is 2.88. The van der Waals surface area contributed by atoms with Crippen LogP contribution in [0.4, 0.5) is 0 Å². The van der Waals surface area contributed by atoms with Crippen molar-refractivity contribution in [3.63, 3.8) is 0 Å². The summed E-state index contributed by atoms with van der Waals surface area (Å²) in [5, 5.41) is 0. The molecule has 5 heteroatoms. The van der Waals surface area contributed by atoms with Gasteiger partial charge >= 0.3 is 0 Å². The first kappa shape index (κ1) is 13.7. The molecule has 17 heavy (non-hydrogen) atoms. The maximum atomic E-state index is 11.9. The van der Waals surface area contributed by atoms with Gasteiger partial charge < -0.3 is 4.74 Å². The maximum Gasteiger partial charge on any atom is 0.190 e. The second-order valence-electron chi connectivity index (χ2n) is 4.33. The smallest absolute Gasteiger partial charge is 0.190 e. The predicted molar refractivity (Wildman–Crippen MR) is 76.8 cm³/mol. The van der Waals surface area contributed by atoms with Gasteiger partial charge in [-0.3, -0.25) is 4.79 Å². The fraction of sp³-hybridized carbons (Fsp3) is 0.583. The van der Waals surface area contributed by atoms with Crippen LogP contribution in [0.5, 0.6) is 0 Å². The number of hydrogen-bond acceptors (Lipinski definition) is 3. The van der Waals surface area contributed by atoms with Crippen molar-refractivity contribution >= 4 is 49.0 Å². The van der Waals surface area contributed by atoms with Crippen LogP contribution >= 0.6 is 43.2 Å². The zero-order valence-electron chi connectivity index (χ0n) is 9.38. The summed E-state index contributed by atoms with van der Waals surface area (Å²) >= 11 is 8.27. The van der Waals surface area contributed by atoms with Gasteiger partial charge in [0.05, 0.1) is 14.2 Å². The van der Waals surface area contributed by atoms with Crippen molar-refractivity contribution in [3.05, 3.63) is 19.2 Å². The summed E-state index contributed by atoms with van der Waals surface area (Å²) in [5.74, 6) is 0.720. The summed E-state index contributed by atoms with van der Waals surface area (Å²) in [7, 11) is 0. The zero-order chi connectivity index (χ0) is 12.3. The first-order chi connectivity index (χ1) is 8.16. The van der Waals surface area contributed by atoms with E-state index in [1.54, 1.807) is 0 Å². The summed E-state index contributed by atoms with van der Waals surface area (Å²) in [4.78, 5) is 11.9. The third-order valence-electron chi connectivity index (χ3n) is 3.02. The van der Waals surface area contributed by atoms with E-state index in [1.807, 2.05) is 6.07 Å². The molecule has 1 fully saturated rings. The number of ether oxygens (including phenoxy) is 1. The molecule has 0 unspecified atom stereocenters. The Balaban J connectivity index is 1.78.